The lowest BCUT2D eigenvalue weighted by Gasteiger charge is -2.32. The minimum absolute atomic E-state index is 0.234. The lowest BCUT2D eigenvalue weighted by atomic mass is 9.79. The molecule has 0 radical (unpaired) electrons. The van der Waals surface area contributed by atoms with Gasteiger partial charge in [-0.1, -0.05) is 6.07 Å². The van der Waals surface area contributed by atoms with Gasteiger partial charge >= 0.3 is 7.12 Å². The maximum absolute atomic E-state index is 5.99. The fourth-order valence-corrected chi connectivity index (χ4v) is 2.42. The van der Waals surface area contributed by atoms with Gasteiger partial charge in [0, 0.05) is 4.88 Å². The van der Waals surface area contributed by atoms with Gasteiger partial charge in [0.05, 0.1) is 11.2 Å². The molecule has 0 amide bonds. The Bertz CT molecular complexity index is 405. The predicted molar refractivity (Wildman–Crippen MR) is 74.1 cm³/mol. The third kappa shape index (κ3) is 2.49. The van der Waals surface area contributed by atoms with Crippen LogP contribution in [0.15, 0.2) is 23.0 Å². The smallest absolute Gasteiger partial charge is 0.400 e. The fraction of sp³-hybridized carbons (Fsp3) is 0.538. The normalized spacial score (nSPS) is 23.1. The highest BCUT2D eigenvalue weighted by atomic mass is 32.1. The highest BCUT2D eigenvalue weighted by molar-refractivity contribution is 7.10. The molecular formula is C13H19BO2S. The molecule has 2 heterocycles. The van der Waals surface area contributed by atoms with E-state index in [0.717, 1.165) is 5.47 Å². The molecule has 0 N–H and O–H groups in total. The number of hydrogen-bond donors (Lipinski definition) is 0. The molecule has 0 bridgehead atoms. The first-order chi connectivity index (χ1) is 7.82. The summed E-state index contributed by atoms with van der Waals surface area (Å²) >= 11 is 1.72. The third-order valence-corrected chi connectivity index (χ3v) is 4.36. The molecule has 2 rings (SSSR count). The molecule has 2 nitrogen and oxygen atoms in total. The van der Waals surface area contributed by atoms with Crippen molar-refractivity contribution in [1.82, 2.24) is 0 Å². The lowest BCUT2D eigenvalue weighted by Crippen LogP contribution is -2.41. The molecule has 1 saturated heterocycles. The monoisotopic (exact) mass is 250 g/mol. The molecule has 0 unspecified atom stereocenters. The van der Waals surface area contributed by atoms with Crippen molar-refractivity contribution in [2.45, 2.75) is 45.8 Å². The van der Waals surface area contributed by atoms with Crippen molar-refractivity contribution in [1.29, 1.82) is 0 Å². The first kappa shape index (κ1) is 12.9. The van der Waals surface area contributed by atoms with Crippen LogP contribution in [0.2, 0.25) is 0 Å². The molecule has 1 aliphatic heterocycles. The number of rotatable bonds is 2. The Labute approximate surface area is 108 Å². The first-order valence-electron chi connectivity index (χ1n) is 5.89. The minimum Gasteiger partial charge on any atom is -0.400 e. The number of hydrogen-bond acceptors (Lipinski definition) is 3. The van der Waals surface area contributed by atoms with Crippen LogP contribution < -0.4 is 0 Å². The second-order valence-corrected chi connectivity index (χ2v) is 6.47. The second kappa shape index (κ2) is 4.27. The van der Waals surface area contributed by atoms with E-state index in [2.05, 4.69) is 52.1 Å². The molecule has 1 aliphatic rings. The summed E-state index contributed by atoms with van der Waals surface area (Å²) in [4.78, 5) is 1.23. The first-order valence-corrected chi connectivity index (χ1v) is 6.77. The van der Waals surface area contributed by atoms with Crippen LogP contribution in [0, 0.1) is 0 Å². The summed E-state index contributed by atoms with van der Waals surface area (Å²) in [5.41, 5.74) is 0.593. The molecule has 1 fully saturated rings. The van der Waals surface area contributed by atoms with Crippen molar-refractivity contribution in [2.24, 2.45) is 0 Å². The maximum Gasteiger partial charge on any atom is 0.490 e. The van der Waals surface area contributed by atoms with Gasteiger partial charge in [-0.05, 0) is 57.6 Å². The lowest BCUT2D eigenvalue weighted by molar-refractivity contribution is 0.00578. The zero-order valence-corrected chi connectivity index (χ0v) is 11.9. The van der Waals surface area contributed by atoms with Crippen LogP contribution in [-0.2, 0) is 9.31 Å². The zero-order valence-electron chi connectivity index (χ0n) is 11.1. The fourth-order valence-electron chi connectivity index (χ4n) is 1.69. The van der Waals surface area contributed by atoms with Gasteiger partial charge in [0.2, 0.25) is 0 Å². The molecule has 17 heavy (non-hydrogen) atoms. The Morgan fingerprint density at radius 1 is 1.24 bits per heavy atom. The summed E-state index contributed by atoms with van der Waals surface area (Å²) in [6.07, 6.45) is 2.13. The van der Waals surface area contributed by atoms with Crippen LogP contribution in [0.5, 0.6) is 0 Å². The molecule has 4 heteroatoms. The summed E-state index contributed by atoms with van der Waals surface area (Å²) in [5.74, 6) is 0. The van der Waals surface area contributed by atoms with Gasteiger partial charge in [0.25, 0.3) is 0 Å². The van der Waals surface area contributed by atoms with E-state index >= 15 is 0 Å². The van der Waals surface area contributed by atoms with Gasteiger partial charge in [-0.25, -0.2) is 0 Å². The van der Waals surface area contributed by atoms with Crippen molar-refractivity contribution in [3.63, 3.8) is 0 Å². The molecule has 1 aromatic heterocycles. The van der Waals surface area contributed by atoms with Crippen LogP contribution in [0.25, 0.3) is 6.08 Å². The van der Waals surface area contributed by atoms with Crippen LogP contribution in [-0.4, -0.2) is 18.3 Å². The SMILES string of the molecule is C/C(=C\c1cccs1)B1OC(C)(C)C(C)(C)O1. The number of allylic oxidation sites excluding steroid dienone is 1. The second-order valence-electron chi connectivity index (χ2n) is 5.49. The molecule has 1 aromatic rings. The molecule has 0 saturated carbocycles. The zero-order chi connectivity index (χ0) is 12.7. The van der Waals surface area contributed by atoms with Gasteiger partial charge < -0.3 is 9.31 Å². The Kier molecular flexibility index (Phi) is 3.23. The average Bonchev–Trinajstić information content (AvgIpc) is 2.74. The largest absolute Gasteiger partial charge is 0.490 e. The van der Waals surface area contributed by atoms with E-state index < -0.39 is 0 Å². The molecular weight excluding hydrogens is 231 g/mol. The third-order valence-electron chi connectivity index (χ3n) is 3.54. The molecule has 92 valence electrons. The Morgan fingerprint density at radius 2 is 1.82 bits per heavy atom. The standard InChI is InChI=1S/C13H19BO2S/c1-10(9-11-7-6-8-17-11)14-15-12(2,3)13(4,5)16-14/h6-9H,1-5H3/b10-9+. The van der Waals surface area contributed by atoms with Crippen LogP contribution in [0.1, 0.15) is 39.5 Å². The van der Waals surface area contributed by atoms with Gasteiger partial charge in [0.15, 0.2) is 0 Å². The topological polar surface area (TPSA) is 18.5 Å². The minimum atomic E-state index is -0.262. The summed E-state index contributed by atoms with van der Waals surface area (Å²) in [6.45, 7) is 10.4. The number of thiophene rings is 1. The molecule has 0 spiro atoms. The Balaban J connectivity index is 2.16. The van der Waals surface area contributed by atoms with Crippen molar-refractivity contribution >= 4 is 24.5 Å². The highest BCUT2D eigenvalue weighted by Gasteiger charge is 2.51. The predicted octanol–water partition coefficient (Wildman–Crippen LogP) is 3.78. The molecule has 0 atom stereocenters. The van der Waals surface area contributed by atoms with Gasteiger partial charge in [-0.2, -0.15) is 0 Å². The summed E-state index contributed by atoms with van der Waals surface area (Å²) in [6, 6.07) is 4.15. The van der Waals surface area contributed by atoms with E-state index in [9.17, 15) is 0 Å². The van der Waals surface area contributed by atoms with Gasteiger partial charge in [0.1, 0.15) is 0 Å². The van der Waals surface area contributed by atoms with Crippen molar-refractivity contribution < 1.29 is 9.31 Å². The Morgan fingerprint density at radius 3 is 2.29 bits per heavy atom. The van der Waals surface area contributed by atoms with Crippen LogP contribution in [0.4, 0.5) is 0 Å². The highest BCUT2D eigenvalue weighted by Crippen LogP contribution is 2.38. The average molecular weight is 250 g/mol. The Hall–Kier alpha value is -0.575. The van der Waals surface area contributed by atoms with Crippen molar-refractivity contribution in [3.05, 3.63) is 27.9 Å². The quantitative estimate of drug-likeness (QED) is 0.743. The van der Waals surface area contributed by atoms with E-state index in [0.29, 0.717) is 0 Å². The van der Waals surface area contributed by atoms with Crippen molar-refractivity contribution in [2.75, 3.05) is 0 Å². The summed E-state index contributed by atoms with van der Waals surface area (Å²) in [7, 11) is -0.234. The van der Waals surface area contributed by atoms with Gasteiger partial charge in [-0.15, -0.1) is 11.3 Å². The van der Waals surface area contributed by atoms with E-state index in [-0.39, 0.29) is 18.3 Å². The van der Waals surface area contributed by atoms with E-state index in [1.165, 1.54) is 4.88 Å². The summed E-state index contributed by atoms with van der Waals surface area (Å²) in [5, 5.41) is 2.07. The van der Waals surface area contributed by atoms with Crippen LogP contribution in [0.3, 0.4) is 0 Å². The van der Waals surface area contributed by atoms with E-state index in [1.807, 2.05) is 6.07 Å². The van der Waals surface area contributed by atoms with E-state index in [4.69, 9.17) is 9.31 Å². The molecule has 0 aromatic carbocycles. The molecule has 0 aliphatic carbocycles. The summed E-state index contributed by atoms with van der Waals surface area (Å²) < 4.78 is 12.0. The van der Waals surface area contributed by atoms with E-state index in [1.54, 1.807) is 11.3 Å². The van der Waals surface area contributed by atoms with Crippen LogP contribution >= 0.6 is 11.3 Å². The van der Waals surface area contributed by atoms with Gasteiger partial charge in [-0.3, -0.25) is 0 Å². The van der Waals surface area contributed by atoms with Crippen molar-refractivity contribution in [3.8, 4) is 0 Å². The maximum atomic E-state index is 5.99.